The van der Waals surface area contributed by atoms with Crippen molar-refractivity contribution in [3.63, 3.8) is 0 Å². The number of nitrogens with zero attached hydrogens (tertiary/aromatic N) is 3. The van der Waals surface area contributed by atoms with Crippen molar-refractivity contribution in [1.29, 1.82) is 5.26 Å². The molecule has 0 bridgehead atoms. The summed E-state index contributed by atoms with van der Waals surface area (Å²) < 4.78 is 5.07. The minimum Gasteiger partial charge on any atom is -0.476 e. The number of hydrogen-bond donors (Lipinski definition) is 2. The minimum atomic E-state index is -1.36. The van der Waals surface area contributed by atoms with Crippen LogP contribution in [0.25, 0.3) is 0 Å². The Hall–Kier alpha value is -2.60. The molecule has 0 radical (unpaired) electrons. The van der Waals surface area contributed by atoms with Gasteiger partial charge in [-0.25, -0.2) is 19.6 Å². The molecule has 0 spiro atoms. The van der Waals surface area contributed by atoms with Crippen LogP contribution in [0.5, 0.6) is 0 Å². The quantitative estimate of drug-likeness (QED) is 0.725. The van der Waals surface area contributed by atoms with E-state index in [1.807, 2.05) is 0 Å². The highest BCUT2D eigenvalue weighted by Crippen LogP contribution is 2.29. The first kappa shape index (κ1) is 15.8. The lowest BCUT2D eigenvalue weighted by molar-refractivity contribution is -0.143. The molecule has 0 aromatic rings. The van der Waals surface area contributed by atoms with Crippen molar-refractivity contribution in [1.82, 2.24) is 15.3 Å². The number of ether oxygens (including phenoxy) is 1. The number of carboxylic acid groups (broad SMARTS) is 1. The highest BCUT2D eigenvalue weighted by Gasteiger charge is 2.48. The molecule has 1 atom stereocenters. The van der Waals surface area contributed by atoms with Crippen LogP contribution in [-0.2, 0) is 14.3 Å². The summed E-state index contributed by atoms with van der Waals surface area (Å²) in [6.45, 7) is 5.18. The third kappa shape index (κ3) is 2.87. The van der Waals surface area contributed by atoms with Crippen LogP contribution in [0.2, 0.25) is 0 Å². The van der Waals surface area contributed by atoms with Gasteiger partial charge in [0.15, 0.2) is 5.70 Å². The van der Waals surface area contributed by atoms with E-state index in [-0.39, 0.29) is 24.4 Å². The number of nitriles is 1. The van der Waals surface area contributed by atoms with Gasteiger partial charge in [0.25, 0.3) is 5.91 Å². The molecule has 1 fully saturated rings. The van der Waals surface area contributed by atoms with Crippen LogP contribution in [0.15, 0.2) is 11.3 Å². The van der Waals surface area contributed by atoms with E-state index in [1.165, 1.54) is 5.01 Å². The Morgan fingerprint density at radius 3 is 2.59 bits per heavy atom. The number of rotatable bonds is 2. The van der Waals surface area contributed by atoms with Gasteiger partial charge in [0.1, 0.15) is 11.6 Å². The van der Waals surface area contributed by atoms with Gasteiger partial charge in [-0.2, -0.15) is 5.26 Å². The highest BCUT2D eigenvalue weighted by atomic mass is 16.6. The lowest BCUT2D eigenvalue weighted by Crippen LogP contribution is -2.45. The Labute approximate surface area is 126 Å². The Morgan fingerprint density at radius 2 is 2.09 bits per heavy atom. The zero-order chi connectivity index (χ0) is 16.7. The van der Waals surface area contributed by atoms with Crippen molar-refractivity contribution in [2.75, 3.05) is 13.1 Å². The first-order chi connectivity index (χ1) is 10.1. The second-order valence-electron chi connectivity index (χ2n) is 5.94. The third-order valence-corrected chi connectivity index (χ3v) is 3.05. The SMILES string of the molecule is CC(C)(C)OC(=O)N[C@H]1CN2CC(C#N)=C(C(=O)O)N2C1=O. The van der Waals surface area contributed by atoms with Crippen molar-refractivity contribution in [3.8, 4) is 6.07 Å². The van der Waals surface area contributed by atoms with Crippen LogP contribution in [-0.4, -0.2) is 57.8 Å². The van der Waals surface area contributed by atoms with Crippen LogP contribution in [0.4, 0.5) is 4.79 Å². The molecule has 1 saturated heterocycles. The van der Waals surface area contributed by atoms with Crippen LogP contribution in [0.1, 0.15) is 20.8 Å². The van der Waals surface area contributed by atoms with Crippen LogP contribution in [0, 0.1) is 11.3 Å². The van der Waals surface area contributed by atoms with E-state index < -0.39 is 29.6 Å². The molecule has 9 nitrogen and oxygen atoms in total. The second kappa shape index (κ2) is 5.31. The number of hydrazine groups is 1. The summed E-state index contributed by atoms with van der Waals surface area (Å²) >= 11 is 0. The topological polar surface area (TPSA) is 123 Å². The molecule has 0 aromatic carbocycles. The highest BCUT2D eigenvalue weighted by molar-refractivity contribution is 5.98. The molecule has 9 heteroatoms. The molecule has 2 rings (SSSR count). The number of fused-ring (bicyclic) bond motifs is 1. The molecule has 22 heavy (non-hydrogen) atoms. The molecule has 0 aliphatic carbocycles. The van der Waals surface area contributed by atoms with Crippen molar-refractivity contribution < 1.29 is 24.2 Å². The van der Waals surface area contributed by atoms with E-state index in [0.717, 1.165) is 5.01 Å². The van der Waals surface area contributed by atoms with Gasteiger partial charge in [0, 0.05) is 6.54 Å². The van der Waals surface area contributed by atoms with Crippen LogP contribution < -0.4 is 5.32 Å². The summed E-state index contributed by atoms with van der Waals surface area (Å²) in [6, 6.07) is 0.870. The maximum atomic E-state index is 12.3. The van der Waals surface area contributed by atoms with Crippen molar-refractivity contribution in [2.24, 2.45) is 0 Å². The molecule has 0 unspecified atom stereocenters. The Balaban J connectivity index is 2.12. The average Bonchev–Trinajstić information content (AvgIpc) is 2.85. The van der Waals surface area contributed by atoms with Crippen molar-refractivity contribution in [2.45, 2.75) is 32.4 Å². The molecular weight excluding hydrogens is 292 g/mol. The average molecular weight is 308 g/mol. The molecule has 118 valence electrons. The summed E-state index contributed by atoms with van der Waals surface area (Å²) in [5.74, 6) is -1.96. The molecule has 2 heterocycles. The molecular formula is C13H16N4O5. The normalized spacial score (nSPS) is 21.6. The zero-order valence-electron chi connectivity index (χ0n) is 12.4. The monoisotopic (exact) mass is 308 g/mol. The number of nitrogens with one attached hydrogen (secondary N) is 1. The molecule has 2 amide bonds. The fraction of sp³-hybridized carbons (Fsp3) is 0.538. The third-order valence-electron chi connectivity index (χ3n) is 3.05. The summed E-state index contributed by atoms with van der Waals surface area (Å²) in [4.78, 5) is 35.2. The molecule has 0 saturated carbocycles. The van der Waals surface area contributed by atoms with E-state index in [9.17, 15) is 14.4 Å². The Bertz CT molecular complexity index is 613. The van der Waals surface area contributed by atoms with Gasteiger partial charge in [-0.1, -0.05) is 0 Å². The first-order valence-corrected chi connectivity index (χ1v) is 6.59. The number of alkyl carbamates (subject to hydrolysis) is 1. The number of carboxylic acids is 1. The maximum Gasteiger partial charge on any atom is 0.408 e. The number of hydrogen-bond acceptors (Lipinski definition) is 6. The minimum absolute atomic E-state index is 0.0107. The summed E-state index contributed by atoms with van der Waals surface area (Å²) in [5, 5.41) is 22.9. The standard InChI is InChI=1S/C13H16N4O5/c1-13(2,3)22-12(21)15-8-6-16-5-7(4-14)9(11(19)20)17(16)10(8)18/h8H,5-6H2,1-3H3,(H,15,21)(H,19,20)/t8-/m0/s1. The molecule has 0 aromatic heterocycles. The maximum absolute atomic E-state index is 12.3. The lowest BCUT2D eigenvalue weighted by Gasteiger charge is -2.21. The number of carbonyl (C=O) groups is 3. The van der Waals surface area contributed by atoms with Gasteiger partial charge in [0.2, 0.25) is 0 Å². The fourth-order valence-corrected chi connectivity index (χ4v) is 2.29. The van der Waals surface area contributed by atoms with Gasteiger partial charge < -0.3 is 15.2 Å². The van der Waals surface area contributed by atoms with Crippen molar-refractivity contribution in [3.05, 3.63) is 11.3 Å². The second-order valence-corrected chi connectivity index (χ2v) is 5.94. The van der Waals surface area contributed by atoms with E-state index >= 15 is 0 Å². The fourth-order valence-electron chi connectivity index (χ4n) is 2.29. The Morgan fingerprint density at radius 1 is 1.45 bits per heavy atom. The van der Waals surface area contributed by atoms with E-state index in [4.69, 9.17) is 15.1 Å². The predicted molar refractivity (Wildman–Crippen MR) is 71.9 cm³/mol. The molecule has 2 aliphatic heterocycles. The van der Waals surface area contributed by atoms with Gasteiger partial charge in [-0.05, 0) is 20.8 Å². The van der Waals surface area contributed by atoms with Gasteiger partial charge in [0.05, 0.1) is 18.2 Å². The Kier molecular flexibility index (Phi) is 3.81. The zero-order valence-corrected chi connectivity index (χ0v) is 12.4. The lowest BCUT2D eigenvalue weighted by atomic mass is 10.2. The van der Waals surface area contributed by atoms with Gasteiger partial charge in [-0.3, -0.25) is 4.79 Å². The van der Waals surface area contributed by atoms with Gasteiger partial charge >= 0.3 is 12.1 Å². The summed E-state index contributed by atoms with van der Waals surface area (Å²) in [5.41, 5.74) is -1.06. The number of amides is 2. The molecule has 2 aliphatic rings. The van der Waals surface area contributed by atoms with E-state index in [2.05, 4.69) is 5.32 Å². The first-order valence-electron chi connectivity index (χ1n) is 6.59. The summed E-state index contributed by atoms with van der Waals surface area (Å²) in [7, 11) is 0. The smallest absolute Gasteiger partial charge is 0.408 e. The van der Waals surface area contributed by atoms with E-state index in [0.29, 0.717) is 0 Å². The largest absolute Gasteiger partial charge is 0.476 e. The summed E-state index contributed by atoms with van der Waals surface area (Å²) in [6.07, 6.45) is -0.755. The number of carbonyl (C=O) groups excluding carboxylic acids is 2. The van der Waals surface area contributed by atoms with Crippen molar-refractivity contribution >= 4 is 18.0 Å². The van der Waals surface area contributed by atoms with E-state index in [1.54, 1.807) is 26.8 Å². The van der Waals surface area contributed by atoms with Crippen LogP contribution >= 0.6 is 0 Å². The predicted octanol–water partition coefficient (Wildman–Crippen LogP) is -0.185. The number of aliphatic carboxylic acids is 1. The molecule has 2 N–H and O–H groups in total. The van der Waals surface area contributed by atoms with Crippen LogP contribution in [0.3, 0.4) is 0 Å². The van der Waals surface area contributed by atoms with Gasteiger partial charge in [-0.15, -0.1) is 0 Å².